The van der Waals surface area contributed by atoms with E-state index in [1.165, 1.54) is 6.73 Å². The van der Waals surface area contributed by atoms with Gasteiger partial charge in [0.2, 0.25) is 0 Å². The lowest BCUT2D eigenvalue weighted by Gasteiger charge is -2.16. The average molecular weight is 102 g/mol. The molecular formula is C5H12NO. The van der Waals surface area contributed by atoms with E-state index in [0.717, 1.165) is 0 Å². The predicted octanol–water partition coefficient (Wildman–Crippen LogP) is 0.879. The summed E-state index contributed by atoms with van der Waals surface area (Å²) in [6, 6.07) is 0. The molecule has 0 rings (SSSR count). The first-order valence-corrected chi connectivity index (χ1v) is 2.27. The van der Waals surface area contributed by atoms with E-state index in [1.807, 2.05) is 20.8 Å². The van der Waals surface area contributed by atoms with Gasteiger partial charge in [0.15, 0.2) is 0 Å². The summed E-state index contributed by atoms with van der Waals surface area (Å²) in [4.78, 5) is 0. The molecular weight excluding hydrogens is 90.1 g/mol. The van der Waals surface area contributed by atoms with Crippen molar-refractivity contribution in [1.82, 2.24) is 0 Å². The molecule has 0 aromatic heterocycles. The van der Waals surface area contributed by atoms with Crippen LogP contribution in [0.1, 0.15) is 20.8 Å². The molecule has 0 heterocycles. The molecule has 0 amide bonds. The molecule has 0 aliphatic rings. The Labute approximate surface area is 44.7 Å². The zero-order valence-corrected chi connectivity index (χ0v) is 5.06. The van der Waals surface area contributed by atoms with E-state index in [1.54, 1.807) is 0 Å². The first kappa shape index (κ1) is 6.92. The molecule has 2 heteroatoms. The summed E-state index contributed by atoms with van der Waals surface area (Å²) >= 11 is 0. The molecule has 2 nitrogen and oxygen atoms in total. The van der Waals surface area contributed by atoms with Crippen LogP contribution in [0.4, 0.5) is 0 Å². The highest BCUT2D eigenvalue weighted by molar-refractivity contribution is 4.59. The Bertz CT molecular complexity index is 46.5. The van der Waals surface area contributed by atoms with Gasteiger partial charge in [-0.3, -0.25) is 0 Å². The van der Waals surface area contributed by atoms with Crippen molar-refractivity contribution in [3.8, 4) is 0 Å². The van der Waals surface area contributed by atoms with Gasteiger partial charge in [0.05, 0.1) is 5.60 Å². The lowest BCUT2D eigenvalue weighted by atomic mass is 10.2. The highest BCUT2D eigenvalue weighted by atomic mass is 16.5. The molecule has 7 heavy (non-hydrogen) atoms. The lowest BCUT2D eigenvalue weighted by molar-refractivity contribution is 0.0428. The van der Waals surface area contributed by atoms with Gasteiger partial charge in [0, 0.05) is 0 Å². The number of nitrogens with two attached hydrogens (primary N) is 1. The second-order valence-electron chi connectivity index (χ2n) is 2.37. The quantitative estimate of drug-likeness (QED) is 0.533. The summed E-state index contributed by atoms with van der Waals surface area (Å²) < 4.78 is 4.88. The van der Waals surface area contributed by atoms with E-state index in [9.17, 15) is 0 Å². The number of ether oxygens (including phenoxy) is 1. The van der Waals surface area contributed by atoms with Crippen LogP contribution >= 0.6 is 0 Å². The van der Waals surface area contributed by atoms with Crippen LogP contribution in [0.2, 0.25) is 0 Å². The van der Waals surface area contributed by atoms with Gasteiger partial charge in [-0.1, -0.05) is 0 Å². The minimum absolute atomic E-state index is 0.130. The van der Waals surface area contributed by atoms with Crippen LogP contribution in [0.15, 0.2) is 0 Å². The third-order valence-electron chi connectivity index (χ3n) is 0.422. The molecule has 0 aliphatic heterocycles. The fourth-order valence-electron chi connectivity index (χ4n) is 0.204. The summed E-state index contributed by atoms with van der Waals surface area (Å²) in [5.41, 5.74) is 4.84. The monoisotopic (exact) mass is 102 g/mol. The molecule has 1 radical (unpaired) electrons. The van der Waals surface area contributed by atoms with Crippen molar-refractivity contribution in [2.45, 2.75) is 26.4 Å². The molecule has 0 spiro atoms. The normalized spacial score (nSPS) is 12.0. The minimum Gasteiger partial charge on any atom is -0.354 e. The minimum atomic E-state index is -0.130. The van der Waals surface area contributed by atoms with Crippen LogP contribution in [0.3, 0.4) is 0 Å². The maximum absolute atomic E-state index is 4.97. The van der Waals surface area contributed by atoms with Crippen molar-refractivity contribution < 1.29 is 4.74 Å². The average Bonchev–Trinajstić information content (AvgIpc) is 1.30. The topological polar surface area (TPSA) is 35.2 Å². The number of hydrogen-bond acceptors (Lipinski definition) is 2. The Morgan fingerprint density at radius 1 is 1.43 bits per heavy atom. The first-order valence-electron chi connectivity index (χ1n) is 2.27. The summed E-state index contributed by atoms with van der Waals surface area (Å²) in [7, 11) is 0. The van der Waals surface area contributed by atoms with Gasteiger partial charge in [0.1, 0.15) is 6.73 Å². The van der Waals surface area contributed by atoms with E-state index in [4.69, 9.17) is 10.5 Å². The molecule has 0 aromatic rings. The summed E-state index contributed by atoms with van der Waals surface area (Å²) in [6.07, 6.45) is 0. The predicted molar refractivity (Wildman–Crippen MR) is 29.3 cm³/mol. The van der Waals surface area contributed by atoms with Crippen LogP contribution in [0.25, 0.3) is 0 Å². The SMILES string of the molecule is CC(C)(C)O[CH]N. The van der Waals surface area contributed by atoms with Crippen molar-refractivity contribution >= 4 is 0 Å². The maximum Gasteiger partial charge on any atom is 0.146 e. The van der Waals surface area contributed by atoms with E-state index in [-0.39, 0.29) is 5.60 Å². The van der Waals surface area contributed by atoms with E-state index < -0.39 is 0 Å². The second kappa shape index (κ2) is 2.28. The van der Waals surface area contributed by atoms with Crippen LogP contribution in [0, 0.1) is 6.73 Å². The van der Waals surface area contributed by atoms with Crippen molar-refractivity contribution in [3.63, 3.8) is 0 Å². The highest BCUT2D eigenvalue weighted by Gasteiger charge is 2.07. The van der Waals surface area contributed by atoms with Crippen molar-refractivity contribution in [1.29, 1.82) is 0 Å². The van der Waals surface area contributed by atoms with Crippen LogP contribution in [-0.4, -0.2) is 5.60 Å². The standard InChI is InChI=1S/C5H12NO/c1-5(2,3)7-4-6/h4H,6H2,1-3H3. The molecule has 0 aliphatic carbocycles. The number of hydrogen-bond donors (Lipinski definition) is 1. The zero-order chi connectivity index (χ0) is 5.91. The summed E-state index contributed by atoms with van der Waals surface area (Å²) in [5, 5.41) is 0. The molecule has 0 fully saturated rings. The largest absolute Gasteiger partial charge is 0.354 e. The van der Waals surface area contributed by atoms with Crippen molar-refractivity contribution in [2.24, 2.45) is 5.73 Å². The molecule has 0 bridgehead atoms. The smallest absolute Gasteiger partial charge is 0.146 e. The Hall–Kier alpha value is -0.0800. The first-order chi connectivity index (χ1) is 3.06. The van der Waals surface area contributed by atoms with Gasteiger partial charge in [-0.25, -0.2) is 0 Å². The molecule has 0 saturated heterocycles. The van der Waals surface area contributed by atoms with Crippen molar-refractivity contribution in [2.75, 3.05) is 0 Å². The summed E-state index contributed by atoms with van der Waals surface area (Å²) in [6.45, 7) is 7.03. The van der Waals surface area contributed by atoms with Gasteiger partial charge in [-0.05, 0) is 20.8 Å². The van der Waals surface area contributed by atoms with Crippen LogP contribution < -0.4 is 5.73 Å². The van der Waals surface area contributed by atoms with Crippen LogP contribution in [0.5, 0.6) is 0 Å². The third kappa shape index (κ3) is 5.92. The lowest BCUT2D eigenvalue weighted by Crippen LogP contribution is -2.19. The maximum atomic E-state index is 4.97. The Balaban J connectivity index is 3.15. The van der Waals surface area contributed by atoms with Crippen LogP contribution in [-0.2, 0) is 4.74 Å². The fourth-order valence-corrected chi connectivity index (χ4v) is 0.204. The molecule has 0 aromatic carbocycles. The Morgan fingerprint density at radius 2 is 1.86 bits per heavy atom. The third-order valence-corrected chi connectivity index (χ3v) is 0.422. The van der Waals surface area contributed by atoms with Gasteiger partial charge in [-0.15, -0.1) is 0 Å². The summed E-state index contributed by atoms with van der Waals surface area (Å²) in [5.74, 6) is 0. The Kier molecular flexibility index (Phi) is 2.26. The van der Waals surface area contributed by atoms with Gasteiger partial charge >= 0.3 is 0 Å². The van der Waals surface area contributed by atoms with E-state index >= 15 is 0 Å². The van der Waals surface area contributed by atoms with E-state index in [2.05, 4.69) is 0 Å². The van der Waals surface area contributed by atoms with E-state index in [0.29, 0.717) is 0 Å². The highest BCUT2D eigenvalue weighted by Crippen LogP contribution is 2.05. The Morgan fingerprint density at radius 3 is 1.86 bits per heavy atom. The molecule has 0 saturated carbocycles. The molecule has 2 N–H and O–H groups in total. The fraction of sp³-hybridized carbons (Fsp3) is 0.800. The molecule has 43 valence electrons. The number of rotatable bonds is 1. The van der Waals surface area contributed by atoms with Gasteiger partial charge < -0.3 is 10.5 Å². The van der Waals surface area contributed by atoms with Gasteiger partial charge in [0.25, 0.3) is 0 Å². The zero-order valence-electron chi connectivity index (χ0n) is 5.06. The van der Waals surface area contributed by atoms with Gasteiger partial charge in [-0.2, -0.15) is 0 Å². The van der Waals surface area contributed by atoms with Crippen molar-refractivity contribution in [3.05, 3.63) is 6.73 Å². The second-order valence-corrected chi connectivity index (χ2v) is 2.37. The molecule has 0 atom stereocenters. The molecule has 0 unspecified atom stereocenters.